The summed E-state index contributed by atoms with van der Waals surface area (Å²) in [5.41, 5.74) is 2.95. The van der Waals surface area contributed by atoms with Crippen molar-refractivity contribution in [3.05, 3.63) is 52.4 Å². The van der Waals surface area contributed by atoms with Crippen molar-refractivity contribution in [1.29, 1.82) is 0 Å². The van der Waals surface area contributed by atoms with Gasteiger partial charge in [-0.1, -0.05) is 119 Å². The van der Waals surface area contributed by atoms with Gasteiger partial charge in [-0.3, -0.25) is 0 Å². The van der Waals surface area contributed by atoms with Gasteiger partial charge in [-0.05, 0) is 29.5 Å². The maximum Gasteiger partial charge on any atom is 0.123 e. The van der Waals surface area contributed by atoms with Crippen molar-refractivity contribution in [1.82, 2.24) is 0 Å². The van der Waals surface area contributed by atoms with E-state index in [-0.39, 0.29) is 5.41 Å². The molecule has 0 heterocycles. The van der Waals surface area contributed by atoms with Gasteiger partial charge < -0.3 is 4.74 Å². The second-order valence-corrected chi connectivity index (χ2v) is 23.5. The molecule has 0 spiro atoms. The number of ether oxygens (including phenoxy) is 1. The van der Waals surface area contributed by atoms with E-state index in [0.717, 1.165) is 6.42 Å². The zero-order valence-electron chi connectivity index (χ0n) is 21.3. The van der Waals surface area contributed by atoms with Crippen LogP contribution in [0.3, 0.4) is 0 Å². The monoisotopic (exact) mass is 455 g/mol. The van der Waals surface area contributed by atoms with Crippen LogP contribution in [0.15, 0.2) is 41.3 Å². The van der Waals surface area contributed by atoms with Crippen LogP contribution in [0, 0.1) is 6.92 Å². The second-order valence-electron chi connectivity index (χ2n) is 11.5. The van der Waals surface area contributed by atoms with Crippen LogP contribution >= 0.6 is 0 Å². The summed E-state index contributed by atoms with van der Waals surface area (Å²) in [4.78, 5) is 0. The van der Waals surface area contributed by atoms with E-state index in [9.17, 15) is 0 Å². The van der Waals surface area contributed by atoms with Gasteiger partial charge in [0.05, 0.1) is 16.9 Å². The Balaban J connectivity index is 2.92. The van der Waals surface area contributed by atoms with E-state index in [1.807, 2.05) is 6.08 Å². The van der Waals surface area contributed by atoms with Crippen LogP contribution in [0.5, 0.6) is 5.75 Å². The molecule has 4 heteroatoms. The van der Waals surface area contributed by atoms with Crippen LogP contribution < -0.4 is 15.1 Å². The molecular formula is C26H43OSi3. The van der Waals surface area contributed by atoms with E-state index in [1.54, 1.807) is 15.6 Å². The topological polar surface area (TPSA) is 9.23 Å². The highest BCUT2D eigenvalue weighted by Crippen LogP contribution is 2.38. The normalized spacial score (nSPS) is 15.3. The van der Waals surface area contributed by atoms with Crippen molar-refractivity contribution in [3.8, 4) is 5.75 Å². The molecule has 0 aromatic heterocycles. The summed E-state index contributed by atoms with van der Waals surface area (Å²) in [7, 11) is -3.92. The lowest BCUT2D eigenvalue weighted by Crippen LogP contribution is -2.49. The molecule has 1 aliphatic carbocycles. The lowest BCUT2D eigenvalue weighted by molar-refractivity contribution is 0.354. The minimum atomic E-state index is -1.91. The number of aryl methyl sites for hydroxylation is 1. The molecule has 30 heavy (non-hydrogen) atoms. The quantitative estimate of drug-likeness (QED) is 0.341. The fraction of sp³-hybridized carbons (Fsp3) is 0.538. The van der Waals surface area contributed by atoms with Crippen molar-refractivity contribution in [2.45, 2.75) is 85.4 Å². The van der Waals surface area contributed by atoms with Gasteiger partial charge in [0.25, 0.3) is 0 Å². The lowest BCUT2D eigenvalue weighted by atomic mass is 9.85. The van der Waals surface area contributed by atoms with Gasteiger partial charge in [-0.15, -0.1) is 0 Å². The SMILES string of the molecule is C=CCOc1c([Si](C)(C)C2=C([Si](C)(C)C)C=CC2)cc(C)c([Si](C)C)c1C(C)(C)C. The van der Waals surface area contributed by atoms with Gasteiger partial charge in [0.15, 0.2) is 0 Å². The van der Waals surface area contributed by atoms with Crippen LogP contribution in [0.25, 0.3) is 0 Å². The average molecular weight is 456 g/mol. The zero-order chi connectivity index (χ0) is 23.1. The Morgan fingerprint density at radius 2 is 1.73 bits per heavy atom. The summed E-state index contributed by atoms with van der Waals surface area (Å²) >= 11 is 0. The van der Waals surface area contributed by atoms with Gasteiger partial charge in [0, 0.05) is 0 Å². The standard InChI is InChI=1S/C26H43OSi3/c1-13-17-27-24-22(18-19(2)25(28(6)7)23(24)26(3,4)5)30(11,12)21-16-14-15-20(21)29(8,9)10/h13-15,18H,1,16-17H2,2-12H3. The number of benzene rings is 1. The van der Waals surface area contributed by atoms with Crippen molar-refractivity contribution in [3.63, 3.8) is 0 Å². The molecular weight excluding hydrogens is 413 g/mol. The molecule has 2 rings (SSSR count). The minimum absolute atomic E-state index is 0.0446. The molecule has 1 aromatic rings. The van der Waals surface area contributed by atoms with Crippen LogP contribution in [0.4, 0.5) is 0 Å². The molecule has 0 saturated heterocycles. The van der Waals surface area contributed by atoms with Crippen molar-refractivity contribution < 1.29 is 4.74 Å². The third-order valence-electron chi connectivity index (χ3n) is 6.24. The van der Waals surface area contributed by atoms with Crippen molar-refractivity contribution in [2.24, 2.45) is 0 Å². The molecule has 1 aromatic carbocycles. The highest BCUT2D eigenvalue weighted by molar-refractivity contribution is 6.98. The summed E-state index contributed by atoms with van der Waals surface area (Å²) in [5, 5.41) is 6.43. The Morgan fingerprint density at radius 1 is 1.13 bits per heavy atom. The summed E-state index contributed by atoms with van der Waals surface area (Å²) in [5.74, 6) is 1.17. The molecule has 1 radical (unpaired) electrons. The number of hydrogen-bond donors (Lipinski definition) is 0. The van der Waals surface area contributed by atoms with E-state index in [1.165, 1.54) is 22.1 Å². The minimum Gasteiger partial charge on any atom is -0.489 e. The first kappa shape index (κ1) is 25.2. The lowest BCUT2D eigenvalue weighted by Gasteiger charge is -2.36. The first-order valence-electron chi connectivity index (χ1n) is 11.3. The molecule has 0 bridgehead atoms. The highest BCUT2D eigenvalue weighted by Gasteiger charge is 2.39. The third-order valence-corrected chi connectivity index (χ3v) is 13.9. The predicted octanol–water partition coefficient (Wildman–Crippen LogP) is 6.41. The van der Waals surface area contributed by atoms with Crippen molar-refractivity contribution >= 4 is 35.3 Å². The van der Waals surface area contributed by atoms with Gasteiger partial charge in [-0.25, -0.2) is 0 Å². The Kier molecular flexibility index (Phi) is 7.37. The van der Waals surface area contributed by atoms with Crippen LogP contribution in [0.2, 0.25) is 45.8 Å². The summed E-state index contributed by atoms with van der Waals surface area (Å²) < 4.78 is 6.56. The zero-order valence-corrected chi connectivity index (χ0v) is 24.3. The smallest absolute Gasteiger partial charge is 0.123 e. The molecule has 0 atom stereocenters. The molecule has 0 fully saturated rings. The molecule has 1 nitrogen and oxygen atoms in total. The molecule has 165 valence electrons. The Morgan fingerprint density at radius 3 is 2.20 bits per heavy atom. The van der Waals surface area contributed by atoms with Gasteiger partial charge in [-0.2, -0.15) is 0 Å². The van der Waals surface area contributed by atoms with Crippen LogP contribution in [0.1, 0.15) is 38.3 Å². The molecule has 0 N–H and O–H groups in total. The Hall–Kier alpha value is -1.11. The maximum atomic E-state index is 6.56. The molecule has 1 aliphatic rings. The summed E-state index contributed by atoms with van der Waals surface area (Å²) in [6.45, 7) is 31.2. The Bertz CT molecular complexity index is 875. The summed E-state index contributed by atoms with van der Waals surface area (Å²) in [6.07, 6.45) is 7.83. The van der Waals surface area contributed by atoms with Gasteiger partial charge in [0.2, 0.25) is 0 Å². The third kappa shape index (κ3) is 4.86. The largest absolute Gasteiger partial charge is 0.489 e. The highest BCUT2D eigenvalue weighted by atomic mass is 28.3. The number of allylic oxidation sites excluding steroid dienone is 4. The van der Waals surface area contributed by atoms with E-state index in [4.69, 9.17) is 4.74 Å². The van der Waals surface area contributed by atoms with Gasteiger partial charge in [0.1, 0.15) is 20.4 Å². The number of hydrogen-bond acceptors (Lipinski definition) is 1. The van der Waals surface area contributed by atoms with Gasteiger partial charge >= 0.3 is 0 Å². The van der Waals surface area contributed by atoms with E-state index < -0.39 is 24.9 Å². The maximum absolute atomic E-state index is 6.56. The molecule has 0 saturated carbocycles. The molecule has 0 aliphatic heterocycles. The summed E-state index contributed by atoms with van der Waals surface area (Å²) in [6, 6.07) is 2.50. The van der Waals surface area contributed by atoms with E-state index in [0.29, 0.717) is 6.61 Å². The fourth-order valence-corrected chi connectivity index (χ4v) is 13.5. The molecule has 0 unspecified atom stereocenters. The predicted molar refractivity (Wildman–Crippen MR) is 144 cm³/mol. The fourth-order valence-electron chi connectivity index (χ4n) is 4.88. The van der Waals surface area contributed by atoms with E-state index in [2.05, 4.69) is 98.3 Å². The number of rotatable bonds is 7. The first-order chi connectivity index (χ1) is 13.6. The van der Waals surface area contributed by atoms with Crippen LogP contribution in [-0.4, -0.2) is 31.6 Å². The first-order valence-corrected chi connectivity index (χ1v) is 20.3. The second kappa shape index (κ2) is 8.79. The van der Waals surface area contributed by atoms with E-state index >= 15 is 0 Å². The average Bonchev–Trinajstić information content (AvgIpc) is 3.09. The molecule has 0 amide bonds. The van der Waals surface area contributed by atoms with Crippen molar-refractivity contribution in [2.75, 3.05) is 6.61 Å². The Labute approximate surface area is 190 Å². The van der Waals surface area contributed by atoms with Crippen LogP contribution in [-0.2, 0) is 5.41 Å².